The lowest BCUT2D eigenvalue weighted by Crippen LogP contribution is -2.24. The molecule has 5 heteroatoms. The summed E-state index contributed by atoms with van der Waals surface area (Å²) < 4.78 is 29.4. The van der Waals surface area contributed by atoms with Gasteiger partial charge in [-0.25, -0.2) is 8.42 Å². The SMILES string of the molecule is CCOc1ccc(S(=O)(=O)C(CC)CO)cc1. The Bertz CT molecular complexity index is 432. The molecule has 0 aliphatic carbocycles. The van der Waals surface area contributed by atoms with Gasteiger partial charge in [-0.05, 0) is 37.6 Å². The van der Waals surface area contributed by atoms with E-state index in [1.807, 2.05) is 6.92 Å². The minimum atomic E-state index is -3.44. The average Bonchev–Trinajstić information content (AvgIpc) is 2.31. The van der Waals surface area contributed by atoms with Gasteiger partial charge in [0.25, 0.3) is 0 Å². The molecule has 1 N–H and O–H groups in total. The van der Waals surface area contributed by atoms with Gasteiger partial charge in [-0.15, -0.1) is 0 Å². The number of aliphatic hydroxyl groups excluding tert-OH is 1. The molecule has 0 aliphatic rings. The number of hydrogen-bond donors (Lipinski definition) is 1. The molecule has 0 spiro atoms. The van der Waals surface area contributed by atoms with E-state index in [0.29, 0.717) is 18.8 Å². The summed E-state index contributed by atoms with van der Waals surface area (Å²) >= 11 is 0. The summed E-state index contributed by atoms with van der Waals surface area (Å²) in [6.07, 6.45) is 0.395. The molecule has 0 amide bonds. The van der Waals surface area contributed by atoms with Gasteiger partial charge < -0.3 is 9.84 Å². The monoisotopic (exact) mass is 258 g/mol. The van der Waals surface area contributed by atoms with Gasteiger partial charge in [-0.2, -0.15) is 0 Å². The summed E-state index contributed by atoms with van der Waals surface area (Å²) in [6, 6.07) is 6.28. The maximum absolute atomic E-state index is 12.1. The molecule has 1 aromatic carbocycles. The lowest BCUT2D eigenvalue weighted by molar-refractivity contribution is 0.287. The van der Waals surface area contributed by atoms with E-state index in [0.717, 1.165) is 0 Å². The molecule has 0 fully saturated rings. The second-order valence-corrected chi connectivity index (χ2v) is 5.89. The van der Waals surface area contributed by atoms with Crippen LogP contribution in [0, 0.1) is 0 Å². The van der Waals surface area contributed by atoms with E-state index < -0.39 is 15.1 Å². The Morgan fingerprint density at radius 1 is 1.24 bits per heavy atom. The van der Waals surface area contributed by atoms with Gasteiger partial charge in [-0.1, -0.05) is 6.92 Å². The molecule has 0 bridgehead atoms. The first-order valence-corrected chi connectivity index (χ1v) is 7.18. The predicted octanol–water partition coefficient (Wildman–Crippen LogP) is 1.63. The predicted molar refractivity (Wildman–Crippen MR) is 66.0 cm³/mol. The highest BCUT2D eigenvalue weighted by Gasteiger charge is 2.24. The third-order valence-corrected chi connectivity index (χ3v) is 4.85. The van der Waals surface area contributed by atoms with Crippen molar-refractivity contribution in [2.75, 3.05) is 13.2 Å². The molecule has 0 heterocycles. The zero-order valence-electron chi connectivity index (χ0n) is 10.1. The first-order chi connectivity index (χ1) is 8.06. The molecule has 96 valence electrons. The summed E-state index contributed by atoms with van der Waals surface area (Å²) in [4.78, 5) is 0.224. The smallest absolute Gasteiger partial charge is 0.183 e. The van der Waals surface area contributed by atoms with Crippen molar-refractivity contribution in [3.63, 3.8) is 0 Å². The van der Waals surface area contributed by atoms with Crippen LogP contribution < -0.4 is 4.74 Å². The maximum Gasteiger partial charge on any atom is 0.183 e. The zero-order valence-corrected chi connectivity index (χ0v) is 10.9. The molecule has 1 aromatic rings. The number of benzene rings is 1. The van der Waals surface area contributed by atoms with Crippen molar-refractivity contribution in [2.45, 2.75) is 30.4 Å². The van der Waals surface area contributed by atoms with E-state index in [4.69, 9.17) is 9.84 Å². The lowest BCUT2D eigenvalue weighted by atomic mass is 10.3. The molecule has 1 rings (SSSR count). The molecule has 0 saturated carbocycles. The van der Waals surface area contributed by atoms with Crippen LogP contribution >= 0.6 is 0 Å². The Labute approximate surface area is 102 Å². The first-order valence-electron chi connectivity index (χ1n) is 5.63. The number of sulfone groups is 1. The van der Waals surface area contributed by atoms with Crippen LogP contribution in [0.1, 0.15) is 20.3 Å². The van der Waals surface area contributed by atoms with Crippen molar-refractivity contribution < 1.29 is 18.3 Å². The zero-order chi connectivity index (χ0) is 12.9. The molecule has 17 heavy (non-hydrogen) atoms. The fraction of sp³-hybridized carbons (Fsp3) is 0.500. The van der Waals surface area contributed by atoms with E-state index >= 15 is 0 Å². The molecule has 0 saturated heterocycles. The molecular weight excluding hydrogens is 240 g/mol. The second-order valence-electron chi connectivity index (χ2n) is 3.66. The van der Waals surface area contributed by atoms with Crippen molar-refractivity contribution >= 4 is 9.84 Å². The summed E-state index contributed by atoms with van der Waals surface area (Å²) in [6.45, 7) is 3.79. The van der Waals surface area contributed by atoms with E-state index in [-0.39, 0.29) is 11.5 Å². The van der Waals surface area contributed by atoms with Crippen LogP contribution in [0.2, 0.25) is 0 Å². The fourth-order valence-corrected chi connectivity index (χ4v) is 3.07. The van der Waals surface area contributed by atoms with Crippen LogP contribution in [0.4, 0.5) is 0 Å². The number of hydrogen-bond acceptors (Lipinski definition) is 4. The van der Waals surface area contributed by atoms with Crippen LogP contribution in [0.3, 0.4) is 0 Å². The highest BCUT2D eigenvalue weighted by atomic mass is 32.2. The van der Waals surface area contributed by atoms with Gasteiger partial charge in [-0.3, -0.25) is 0 Å². The van der Waals surface area contributed by atoms with E-state index in [1.54, 1.807) is 19.1 Å². The van der Waals surface area contributed by atoms with Gasteiger partial charge in [0.1, 0.15) is 5.75 Å². The van der Waals surface area contributed by atoms with E-state index in [2.05, 4.69) is 0 Å². The van der Waals surface area contributed by atoms with Crippen molar-refractivity contribution in [3.8, 4) is 5.75 Å². The van der Waals surface area contributed by atoms with Crippen molar-refractivity contribution in [1.82, 2.24) is 0 Å². The topological polar surface area (TPSA) is 63.6 Å². The first kappa shape index (κ1) is 14.0. The highest BCUT2D eigenvalue weighted by Crippen LogP contribution is 2.21. The number of ether oxygens (including phenoxy) is 1. The summed E-state index contributed by atoms with van der Waals surface area (Å²) in [5.74, 6) is 0.642. The minimum Gasteiger partial charge on any atom is -0.494 e. The van der Waals surface area contributed by atoms with Crippen LogP contribution in [0.15, 0.2) is 29.2 Å². The van der Waals surface area contributed by atoms with Crippen LogP contribution in [0.25, 0.3) is 0 Å². The van der Waals surface area contributed by atoms with Crippen LogP contribution in [0.5, 0.6) is 5.75 Å². The molecule has 4 nitrogen and oxygen atoms in total. The van der Waals surface area contributed by atoms with Crippen molar-refractivity contribution in [2.24, 2.45) is 0 Å². The number of rotatable bonds is 6. The average molecular weight is 258 g/mol. The summed E-state index contributed by atoms with van der Waals surface area (Å²) in [5.41, 5.74) is 0. The van der Waals surface area contributed by atoms with E-state index in [9.17, 15) is 8.42 Å². The molecule has 0 aromatic heterocycles. The Balaban J connectivity index is 2.99. The summed E-state index contributed by atoms with van der Waals surface area (Å²) in [7, 11) is -3.44. The largest absolute Gasteiger partial charge is 0.494 e. The maximum atomic E-state index is 12.1. The van der Waals surface area contributed by atoms with Crippen molar-refractivity contribution in [1.29, 1.82) is 0 Å². The minimum absolute atomic E-state index is 0.224. The highest BCUT2D eigenvalue weighted by molar-refractivity contribution is 7.92. The third kappa shape index (κ3) is 3.20. The fourth-order valence-electron chi connectivity index (χ4n) is 1.53. The molecule has 1 unspecified atom stereocenters. The number of aliphatic hydroxyl groups is 1. The second kappa shape index (κ2) is 6.02. The van der Waals surface area contributed by atoms with E-state index in [1.165, 1.54) is 12.1 Å². The molecule has 0 aliphatic heterocycles. The Kier molecular flexibility index (Phi) is 4.96. The Morgan fingerprint density at radius 2 is 1.82 bits per heavy atom. The third-order valence-electron chi connectivity index (χ3n) is 2.56. The lowest BCUT2D eigenvalue weighted by Gasteiger charge is -2.13. The van der Waals surface area contributed by atoms with Crippen LogP contribution in [-0.2, 0) is 9.84 Å². The van der Waals surface area contributed by atoms with Gasteiger partial charge in [0.15, 0.2) is 9.84 Å². The van der Waals surface area contributed by atoms with Gasteiger partial charge >= 0.3 is 0 Å². The van der Waals surface area contributed by atoms with Gasteiger partial charge in [0.05, 0.1) is 23.4 Å². The normalized spacial score (nSPS) is 13.4. The molecular formula is C12H18O4S. The Hall–Kier alpha value is -1.07. The standard InChI is InChI=1S/C12H18O4S/c1-3-11(9-13)17(14,15)12-7-5-10(6-8-12)16-4-2/h5-8,11,13H,3-4,9H2,1-2H3. The quantitative estimate of drug-likeness (QED) is 0.842. The summed E-state index contributed by atoms with van der Waals surface area (Å²) in [5, 5.41) is 8.32. The molecule has 0 radical (unpaired) electrons. The van der Waals surface area contributed by atoms with Crippen molar-refractivity contribution in [3.05, 3.63) is 24.3 Å². The Morgan fingerprint density at radius 3 is 2.24 bits per heavy atom. The van der Waals surface area contributed by atoms with Gasteiger partial charge in [0, 0.05) is 0 Å². The molecule has 1 atom stereocenters. The van der Waals surface area contributed by atoms with Crippen LogP contribution in [-0.4, -0.2) is 32.0 Å². The van der Waals surface area contributed by atoms with Gasteiger partial charge in [0.2, 0.25) is 0 Å².